The summed E-state index contributed by atoms with van der Waals surface area (Å²) in [6.07, 6.45) is 3.25. The van der Waals surface area contributed by atoms with Gasteiger partial charge < -0.3 is 5.32 Å². The molecule has 20 heavy (non-hydrogen) atoms. The van der Waals surface area contributed by atoms with Crippen LogP contribution < -0.4 is 5.32 Å². The number of nitrogens with one attached hydrogen (secondary N) is 1. The van der Waals surface area contributed by atoms with Crippen LogP contribution in [0.15, 0.2) is 53.0 Å². The SMILES string of the molecule is O=C(N[C@@H]1CCCc2ccccc21)c1ccc(Br)cc1. The number of aryl methyl sites for hydroxylation is 1. The molecule has 0 saturated heterocycles. The third-order valence-corrected chi connectivity index (χ3v) is 4.31. The molecular weight excluding hydrogens is 314 g/mol. The molecule has 0 unspecified atom stereocenters. The number of carbonyl (C=O) groups excluding carboxylic acids is 1. The maximum absolute atomic E-state index is 12.3. The van der Waals surface area contributed by atoms with Crippen LogP contribution in [0.2, 0.25) is 0 Å². The standard InChI is InChI=1S/C17H16BrNO/c18-14-10-8-13(9-11-14)17(20)19-16-7-3-5-12-4-1-2-6-15(12)16/h1-2,4,6,8-11,16H,3,5,7H2,(H,19,20)/t16-/m1/s1. The number of hydrogen-bond donors (Lipinski definition) is 1. The molecule has 0 aromatic heterocycles. The second-order valence-corrected chi connectivity index (χ2v) is 6.04. The summed E-state index contributed by atoms with van der Waals surface area (Å²) in [5, 5.41) is 3.16. The van der Waals surface area contributed by atoms with Crippen LogP contribution in [0.1, 0.15) is 40.4 Å². The van der Waals surface area contributed by atoms with E-state index in [0.717, 1.165) is 23.7 Å². The molecule has 2 nitrogen and oxygen atoms in total. The first kappa shape index (κ1) is 13.4. The highest BCUT2D eigenvalue weighted by molar-refractivity contribution is 9.10. The van der Waals surface area contributed by atoms with E-state index in [0.29, 0.717) is 5.56 Å². The van der Waals surface area contributed by atoms with Crippen molar-refractivity contribution in [1.82, 2.24) is 5.32 Å². The normalized spacial score (nSPS) is 17.4. The molecule has 1 N–H and O–H groups in total. The maximum Gasteiger partial charge on any atom is 0.251 e. The third-order valence-electron chi connectivity index (χ3n) is 3.78. The van der Waals surface area contributed by atoms with E-state index >= 15 is 0 Å². The zero-order valence-corrected chi connectivity index (χ0v) is 12.7. The van der Waals surface area contributed by atoms with Crippen molar-refractivity contribution in [2.45, 2.75) is 25.3 Å². The molecule has 1 aliphatic carbocycles. The molecule has 0 heterocycles. The summed E-state index contributed by atoms with van der Waals surface area (Å²) in [7, 11) is 0. The van der Waals surface area contributed by atoms with Crippen LogP contribution in [0.5, 0.6) is 0 Å². The van der Waals surface area contributed by atoms with Gasteiger partial charge in [0.05, 0.1) is 6.04 Å². The van der Waals surface area contributed by atoms with E-state index < -0.39 is 0 Å². The third kappa shape index (κ3) is 2.78. The zero-order valence-electron chi connectivity index (χ0n) is 11.1. The van der Waals surface area contributed by atoms with E-state index in [1.807, 2.05) is 30.3 Å². The van der Waals surface area contributed by atoms with Crippen molar-refractivity contribution < 1.29 is 4.79 Å². The van der Waals surface area contributed by atoms with Gasteiger partial charge in [0.2, 0.25) is 0 Å². The van der Waals surface area contributed by atoms with Crippen molar-refractivity contribution in [2.75, 3.05) is 0 Å². The van der Waals surface area contributed by atoms with Gasteiger partial charge in [-0.15, -0.1) is 0 Å². The molecule has 0 bridgehead atoms. The molecule has 3 heteroatoms. The Bertz CT molecular complexity index is 621. The van der Waals surface area contributed by atoms with Gasteiger partial charge in [-0.1, -0.05) is 40.2 Å². The number of carbonyl (C=O) groups is 1. The maximum atomic E-state index is 12.3. The van der Waals surface area contributed by atoms with Crippen molar-refractivity contribution in [3.63, 3.8) is 0 Å². The summed E-state index contributed by atoms with van der Waals surface area (Å²) in [4.78, 5) is 12.3. The van der Waals surface area contributed by atoms with Crippen molar-refractivity contribution in [1.29, 1.82) is 0 Å². The minimum atomic E-state index is -0.000738. The summed E-state index contributed by atoms with van der Waals surface area (Å²) < 4.78 is 0.983. The van der Waals surface area contributed by atoms with Gasteiger partial charge in [-0.25, -0.2) is 0 Å². The first-order valence-electron chi connectivity index (χ1n) is 6.88. The average Bonchev–Trinajstić information content (AvgIpc) is 2.48. The summed E-state index contributed by atoms with van der Waals surface area (Å²) in [5.41, 5.74) is 3.33. The van der Waals surface area contributed by atoms with Gasteiger partial charge in [0.25, 0.3) is 5.91 Å². The molecule has 102 valence electrons. The second kappa shape index (κ2) is 5.80. The minimum absolute atomic E-state index is 0.000738. The van der Waals surface area contributed by atoms with E-state index in [4.69, 9.17) is 0 Å². The fraction of sp³-hybridized carbons (Fsp3) is 0.235. The quantitative estimate of drug-likeness (QED) is 0.876. The van der Waals surface area contributed by atoms with Crippen LogP contribution >= 0.6 is 15.9 Å². The lowest BCUT2D eigenvalue weighted by Crippen LogP contribution is -2.30. The molecule has 1 aliphatic rings. The molecule has 0 saturated carbocycles. The minimum Gasteiger partial charge on any atom is -0.345 e. The first-order valence-corrected chi connectivity index (χ1v) is 7.67. The molecule has 1 amide bonds. The van der Waals surface area contributed by atoms with Crippen LogP contribution in [0, 0.1) is 0 Å². The van der Waals surface area contributed by atoms with E-state index in [1.165, 1.54) is 11.1 Å². The first-order chi connectivity index (χ1) is 9.74. The highest BCUT2D eigenvalue weighted by atomic mass is 79.9. The smallest absolute Gasteiger partial charge is 0.251 e. The highest BCUT2D eigenvalue weighted by Gasteiger charge is 2.21. The van der Waals surface area contributed by atoms with Gasteiger partial charge in [0.1, 0.15) is 0 Å². The van der Waals surface area contributed by atoms with Crippen LogP contribution in [0.3, 0.4) is 0 Å². The van der Waals surface area contributed by atoms with Crippen LogP contribution in [-0.2, 0) is 6.42 Å². The number of hydrogen-bond acceptors (Lipinski definition) is 1. The Morgan fingerprint density at radius 3 is 2.65 bits per heavy atom. The topological polar surface area (TPSA) is 29.1 Å². The van der Waals surface area contributed by atoms with Crippen molar-refractivity contribution in [3.05, 3.63) is 69.7 Å². The average molecular weight is 330 g/mol. The van der Waals surface area contributed by atoms with Gasteiger partial charge in [-0.05, 0) is 54.7 Å². The lowest BCUT2D eigenvalue weighted by Gasteiger charge is -2.26. The fourth-order valence-corrected chi connectivity index (χ4v) is 3.01. The molecule has 0 radical (unpaired) electrons. The van der Waals surface area contributed by atoms with Crippen LogP contribution in [0.4, 0.5) is 0 Å². The Morgan fingerprint density at radius 1 is 1.10 bits per heavy atom. The van der Waals surface area contributed by atoms with Gasteiger partial charge in [0.15, 0.2) is 0 Å². The number of benzene rings is 2. The highest BCUT2D eigenvalue weighted by Crippen LogP contribution is 2.29. The van der Waals surface area contributed by atoms with Crippen molar-refractivity contribution in [2.24, 2.45) is 0 Å². The van der Waals surface area contributed by atoms with Crippen LogP contribution in [0.25, 0.3) is 0 Å². The Morgan fingerprint density at radius 2 is 1.85 bits per heavy atom. The number of halogens is 1. The second-order valence-electron chi connectivity index (χ2n) is 5.12. The number of amides is 1. The van der Waals surface area contributed by atoms with Gasteiger partial charge in [0, 0.05) is 10.0 Å². The summed E-state index contributed by atoms with van der Waals surface area (Å²) >= 11 is 3.38. The van der Waals surface area contributed by atoms with E-state index in [2.05, 4.69) is 39.4 Å². The molecule has 0 fully saturated rings. The lowest BCUT2D eigenvalue weighted by molar-refractivity contribution is 0.0933. The Hall–Kier alpha value is -1.61. The lowest BCUT2D eigenvalue weighted by atomic mass is 9.87. The molecular formula is C17H16BrNO. The predicted molar refractivity (Wildman–Crippen MR) is 83.7 cm³/mol. The molecule has 3 rings (SSSR count). The Balaban J connectivity index is 1.79. The molecule has 2 aromatic rings. The predicted octanol–water partition coefficient (Wildman–Crippen LogP) is 4.26. The fourth-order valence-electron chi connectivity index (χ4n) is 2.75. The monoisotopic (exact) mass is 329 g/mol. The van der Waals surface area contributed by atoms with Crippen molar-refractivity contribution in [3.8, 4) is 0 Å². The molecule has 0 spiro atoms. The summed E-state index contributed by atoms with van der Waals surface area (Å²) in [6, 6.07) is 16.0. The Kier molecular flexibility index (Phi) is 3.88. The van der Waals surface area contributed by atoms with Crippen LogP contribution in [-0.4, -0.2) is 5.91 Å². The van der Waals surface area contributed by atoms with Gasteiger partial charge in [-0.2, -0.15) is 0 Å². The summed E-state index contributed by atoms with van der Waals surface area (Å²) in [6.45, 7) is 0. The Labute approximate surface area is 127 Å². The number of fused-ring (bicyclic) bond motifs is 1. The van der Waals surface area contributed by atoms with E-state index in [9.17, 15) is 4.79 Å². The van der Waals surface area contributed by atoms with Gasteiger partial charge >= 0.3 is 0 Å². The molecule has 0 aliphatic heterocycles. The van der Waals surface area contributed by atoms with E-state index in [1.54, 1.807) is 0 Å². The largest absolute Gasteiger partial charge is 0.345 e. The van der Waals surface area contributed by atoms with Gasteiger partial charge in [-0.3, -0.25) is 4.79 Å². The zero-order chi connectivity index (χ0) is 13.9. The molecule has 2 aromatic carbocycles. The van der Waals surface area contributed by atoms with Crippen molar-refractivity contribution >= 4 is 21.8 Å². The summed E-state index contributed by atoms with van der Waals surface area (Å²) in [5.74, 6) is -0.000738. The molecule has 1 atom stereocenters. The number of rotatable bonds is 2. The van der Waals surface area contributed by atoms with E-state index in [-0.39, 0.29) is 11.9 Å².